The quantitative estimate of drug-likeness (QED) is 0.136. The first-order chi connectivity index (χ1) is 20.9. The van der Waals surface area contributed by atoms with Crippen molar-refractivity contribution in [1.29, 1.82) is 0 Å². The van der Waals surface area contributed by atoms with Crippen molar-refractivity contribution in [3.8, 4) is 0 Å². The minimum Gasteiger partial charge on any atom is -0.462 e. The van der Waals surface area contributed by atoms with Crippen molar-refractivity contribution in [1.82, 2.24) is 0 Å². The lowest BCUT2D eigenvalue weighted by atomic mass is 9.50. The highest BCUT2D eigenvalue weighted by atomic mass is 35.5. The number of ether oxygens (including phenoxy) is 8. The summed E-state index contributed by atoms with van der Waals surface area (Å²) >= 11 is 6.95. The first-order valence-corrected chi connectivity index (χ1v) is 15.1. The molecule has 0 unspecified atom stereocenters. The van der Waals surface area contributed by atoms with E-state index in [0.717, 1.165) is 20.8 Å². The number of halogens is 1. The predicted octanol–water partition coefficient (Wildman–Crippen LogP) is 1.32. The Labute approximate surface area is 264 Å². The van der Waals surface area contributed by atoms with Gasteiger partial charge in [0.25, 0.3) is 0 Å². The zero-order valence-corrected chi connectivity index (χ0v) is 26.7. The molecule has 5 aliphatic rings. The van der Waals surface area contributed by atoms with Gasteiger partial charge < -0.3 is 37.9 Å². The average Bonchev–Trinajstić information content (AvgIpc) is 3.66. The van der Waals surface area contributed by atoms with Crippen LogP contribution in [0.1, 0.15) is 54.9 Å². The molecular weight excluding hydrogens is 620 g/mol. The highest BCUT2D eigenvalue weighted by Gasteiger charge is 2.82. The van der Waals surface area contributed by atoms with Crippen molar-refractivity contribution in [2.45, 2.75) is 114 Å². The number of alkyl halides is 1. The maximum Gasteiger partial charge on any atom is 0.312 e. The van der Waals surface area contributed by atoms with E-state index in [0.29, 0.717) is 0 Å². The molecule has 0 N–H and O–H groups in total. The van der Waals surface area contributed by atoms with Gasteiger partial charge in [0.05, 0.1) is 23.3 Å². The highest BCUT2D eigenvalue weighted by Crippen LogP contribution is 2.66. The van der Waals surface area contributed by atoms with Crippen molar-refractivity contribution < 1.29 is 66.7 Å². The summed E-state index contributed by atoms with van der Waals surface area (Å²) in [6.07, 6.45) is -9.42. The molecule has 15 heteroatoms. The maximum absolute atomic E-state index is 13.4. The number of esters is 6. The Morgan fingerprint density at radius 1 is 0.844 bits per heavy atom. The van der Waals surface area contributed by atoms with E-state index in [4.69, 9.17) is 49.5 Å². The molecule has 2 bridgehead atoms. The highest BCUT2D eigenvalue weighted by molar-refractivity contribution is 6.23. The molecule has 2 spiro atoms. The fourth-order valence-corrected chi connectivity index (χ4v) is 8.47. The van der Waals surface area contributed by atoms with Gasteiger partial charge in [-0.25, -0.2) is 0 Å². The van der Waals surface area contributed by atoms with Crippen LogP contribution >= 0.6 is 11.6 Å². The molecule has 14 nitrogen and oxygen atoms in total. The van der Waals surface area contributed by atoms with Crippen LogP contribution in [-0.4, -0.2) is 102 Å². The summed E-state index contributed by atoms with van der Waals surface area (Å²) < 4.78 is 48.2. The molecule has 4 heterocycles. The molecule has 0 radical (unpaired) electrons. The largest absolute Gasteiger partial charge is 0.462 e. The molecule has 248 valence electrons. The first kappa shape index (κ1) is 33.1. The van der Waals surface area contributed by atoms with Gasteiger partial charge in [0.1, 0.15) is 30.0 Å². The van der Waals surface area contributed by atoms with Crippen LogP contribution in [0.5, 0.6) is 0 Å². The van der Waals surface area contributed by atoms with Crippen LogP contribution in [0.15, 0.2) is 12.2 Å². The summed E-state index contributed by atoms with van der Waals surface area (Å²) in [7, 11) is 0. The van der Waals surface area contributed by atoms with E-state index in [1.165, 1.54) is 20.8 Å². The van der Waals surface area contributed by atoms with Gasteiger partial charge >= 0.3 is 35.8 Å². The second kappa shape index (κ2) is 11.2. The Hall–Kier alpha value is -3.23. The minimum atomic E-state index is -1.86. The Morgan fingerprint density at radius 3 is 1.87 bits per heavy atom. The fraction of sp³-hybridized carbons (Fsp3) is 0.733. The SMILES string of the molecule is C=C1[C@H]2O[C@]3([C@@H](C)C(=O)O[C@H]3[C@H]1Cl)[C@@H](OC(C)=O)[C@H]1[C@@]3(CO3)[C@H](OC(C)=O)C[C@H](OC(C)=O)[C@]1(C)[C@@H](OC(C)=O)[C@H]2OC(C)=O. The second-order valence-electron chi connectivity index (χ2n) is 12.6. The van der Waals surface area contributed by atoms with Gasteiger partial charge in [0.15, 0.2) is 23.9 Å². The van der Waals surface area contributed by atoms with Gasteiger partial charge in [0, 0.05) is 47.0 Å². The molecule has 0 aromatic heterocycles. The summed E-state index contributed by atoms with van der Waals surface area (Å²) in [4.78, 5) is 76.9. The Bertz CT molecular complexity index is 1340. The third-order valence-electron chi connectivity index (χ3n) is 9.84. The van der Waals surface area contributed by atoms with E-state index in [-0.39, 0.29) is 18.6 Å². The summed E-state index contributed by atoms with van der Waals surface area (Å²) in [6.45, 7) is 13.0. The van der Waals surface area contributed by atoms with Crippen LogP contribution in [-0.2, 0) is 66.7 Å². The van der Waals surface area contributed by atoms with Crippen LogP contribution in [0.4, 0.5) is 0 Å². The van der Waals surface area contributed by atoms with Gasteiger partial charge in [-0.15, -0.1) is 11.6 Å². The topological polar surface area (TPSA) is 180 Å². The van der Waals surface area contributed by atoms with Gasteiger partial charge in [0.2, 0.25) is 0 Å². The number of hydrogen-bond donors (Lipinski definition) is 0. The van der Waals surface area contributed by atoms with Gasteiger partial charge in [-0.1, -0.05) is 13.5 Å². The zero-order valence-electron chi connectivity index (χ0n) is 26.0. The van der Waals surface area contributed by atoms with Crippen LogP contribution in [0.2, 0.25) is 0 Å². The van der Waals surface area contributed by atoms with Gasteiger partial charge in [-0.2, -0.15) is 0 Å². The third kappa shape index (κ3) is 4.99. The van der Waals surface area contributed by atoms with Crippen molar-refractivity contribution in [3.63, 3.8) is 0 Å². The Kier molecular flexibility index (Phi) is 8.27. The van der Waals surface area contributed by atoms with Crippen LogP contribution in [0, 0.1) is 17.3 Å². The Morgan fingerprint density at radius 2 is 1.36 bits per heavy atom. The molecule has 0 amide bonds. The lowest BCUT2D eigenvalue weighted by molar-refractivity contribution is -0.315. The molecule has 45 heavy (non-hydrogen) atoms. The molecule has 1 aliphatic carbocycles. The van der Waals surface area contributed by atoms with Gasteiger partial charge in [-0.3, -0.25) is 28.8 Å². The number of fused-ring (bicyclic) bond motifs is 3. The summed E-state index contributed by atoms with van der Waals surface area (Å²) in [5, 5.41) is -1.15. The van der Waals surface area contributed by atoms with E-state index in [9.17, 15) is 28.8 Å². The van der Waals surface area contributed by atoms with Crippen LogP contribution < -0.4 is 0 Å². The molecular formula is C30H37ClO14. The minimum absolute atomic E-state index is 0.0366. The Balaban J connectivity index is 1.90. The zero-order chi connectivity index (χ0) is 33.4. The predicted molar refractivity (Wildman–Crippen MR) is 148 cm³/mol. The molecule has 13 atom stereocenters. The molecule has 4 saturated heterocycles. The van der Waals surface area contributed by atoms with Crippen molar-refractivity contribution in [3.05, 3.63) is 12.2 Å². The second-order valence-corrected chi connectivity index (χ2v) is 13.1. The standard InChI is InChI=1S/C30H37ClO14/c1-11-20(31)24-30(12(2)27(37)44-24)26(43-17(7)36)23-28(8,25(42-16(6)35)22(21(11)45-30)41-15(5)34)18(39-13(3)32)9-19(40-14(4)33)29(23)10-38-29/h12,18-26H,1,9-10H2,2-8H3/t12-,18-,19+,20-,21+,22-,23+,24-,25-,26-,28-,29+,30-/m0/s1. The van der Waals surface area contributed by atoms with E-state index in [2.05, 4.69) is 6.58 Å². The van der Waals surface area contributed by atoms with E-state index in [1.807, 2.05) is 0 Å². The smallest absolute Gasteiger partial charge is 0.312 e. The normalized spacial score (nSPS) is 44.6. The average molecular weight is 657 g/mol. The lowest BCUT2D eigenvalue weighted by Crippen LogP contribution is -2.78. The third-order valence-corrected chi connectivity index (χ3v) is 10.3. The van der Waals surface area contributed by atoms with Gasteiger partial charge in [-0.05, 0) is 12.5 Å². The summed E-state index contributed by atoms with van der Waals surface area (Å²) in [5.74, 6) is -6.81. The molecule has 4 aliphatic heterocycles. The fourth-order valence-electron chi connectivity index (χ4n) is 8.10. The van der Waals surface area contributed by atoms with Crippen molar-refractivity contribution in [2.75, 3.05) is 6.61 Å². The van der Waals surface area contributed by atoms with Crippen LogP contribution in [0.3, 0.4) is 0 Å². The first-order valence-electron chi connectivity index (χ1n) is 14.6. The number of rotatable bonds is 5. The lowest BCUT2D eigenvalue weighted by Gasteiger charge is -2.63. The van der Waals surface area contributed by atoms with Crippen molar-refractivity contribution in [2.24, 2.45) is 17.3 Å². The van der Waals surface area contributed by atoms with E-state index >= 15 is 0 Å². The molecule has 5 fully saturated rings. The number of carbonyl (C=O) groups is 6. The van der Waals surface area contributed by atoms with Crippen LogP contribution in [0.25, 0.3) is 0 Å². The number of epoxide rings is 1. The summed E-state index contributed by atoms with van der Waals surface area (Å²) in [5.41, 5.74) is -4.78. The number of hydrogen-bond acceptors (Lipinski definition) is 14. The molecule has 1 saturated carbocycles. The molecule has 0 aromatic carbocycles. The van der Waals surface area contributed by atoms with E-state index < -0.39 is 112 Å². The summed E-state index contributed by atoms with van der Waals surface area (Å²) in [6, 6.07) is 0. The van der Waals surface area contributed by atoms with E-state index in [1.54, 1.807) is 6.92 Å². The van der Waals surface area contributed by atoms with Crippen molar-refractivity contribution >= 4 is 47.4 Å². The molecule has 5 rings (SSSR count). The monoisotopic (exact) mass is 656 g/mol. The number of carbonyl (C=O) groups excluding carboxylic acids is 6. The maximum atomic E-state index is 13.4. The molecule has 0 aromatic rings.